The average molecular weight is 349 g/mol. The molecule has 2 aromatic carbocycles. The van der Waals surface area contributed by atoms with Crippen molar-refractivity contribution in [1.29, 1.82) is 0 Å². The minimum atomic E-state index is -3.61. The van der Waals surface area contributed by atoms with Crippen molar-refractivity contribution in [3.8, 4) is 0 Å². The minimum absolute atomic E-state index is 0.0180. The number of nitrogens with two attached hydrogens (primary N) is 1. The van der Waals surface area contributed by atoms with E-state index in [9.17, 15) is 23.3 Å². The lowest BCUT2D eigenvalue weighted by Crippen LogP contribution is -2.22. The first-order chi connectivity index (χ1) is 11.2. The Bertz CT molecular complexity index is 846. The first-order valence-electron chi connectivity index (χ1n) is 6.85. The van der Waals surface area contributed by atoms with Crippen LogP contribution in [0.15, 0.2) is 48.5 Å². The fourth-order valence-corrected chi connectivity index (χ4v) is 2.66. The predicted molar refractivity (Wildman–Crippen MR) is 87.5 cm³/mol. The van der Waals surface area contributed by atoms with Crippen LogP contribution in [-0.4, -0.2) is 19.2 Å². The summed E-state index contributed by atoms with van der Waals surface area (Å²) in [6.45, 7) is 0.218. The summed E-state index contributed by atoms with van der Waals surface area (Å²) in [7, 11) is -3.61. The van der Waals surface area contributed by atoms with Crippen molar-refractivity contribution < 1.29 is 18.1 Å². The summed E-state index contributed by atoms with van der Waals surface area (Å²) in [6, 6.07) is 11.9. The molecule has 0 aliphatic heterocycles. The second-order valence-electron chi connectivity index (χ2n) is 5.11. The Morgan fingerprint density at radius 2 is 1.58 bits per heavy atom. The highest BCUT2D eigenvalue weighted by atomic mass is 32.2. The molecule has 8 nitrogen and oxygen atoms in total. The van der Waals surface area contributed by atoms with Gasteiger partial charge < -0.3 is 5.32 Å². The van der Waals surface area contributed by atoms with E-state index >= 15 is 0 Å². The number of carbonyl (C=O) groups excluding carboxylic acids is 1. The molecule has 2 rings (SSSR count). The quantitative estimate of drug-likeness (QED) is 0.599. The number of carbonyl (C=O) groups is 1. The van der Waals surface area contributed by atoms with Crippen molar-refractivity contribution in [2.24, 2.45) is 5.14 Å². The Labute approximate surface area is 138 Å². The number of nitro benzene ring substituents is 1. The third-order valence-corrected chi connectivity index (χ3v) is 3.92. The molecular formula is C15H15N3O5S. The van der Waals surface area contributed by atoms with Gasteiger partial charge in [-0.2, -0.15) is 0 Å². The van der Waals surface area contributed by atoms with Gasteiger partial charge in [-0.3, -0.25) is 14.9 Å². The number of hydrogen-bond acceptors (Lipinski definition) is 5. The highest BCUT2D eigenvalue weighted by Gasteiger charge is 2.09. The van der Waals surface area contributed by atoms with E-state index < -0.39 is 14.9 Å². The van der Waals surface area contributed by atoms with Gasteiger partial charge in [0.25, 0.3) is 11.6 Å². The molecule has 126 valence electrons. The standard InChI is InChI=1S/C15H15N3O5S/c16-24(22,23)10-12-1-5-13(6-2-12)15(19)17-9-11-3-7-14(8-4-11)18(20)21/h1-8H,9-10H2,(H,17,19)(H2,16,22,23). The number of nitro groups is 1. The van der Waals surface area contributed by atoms with Crippen molar-refractivity contribution in [1.82, 2.24) is 5.32 Å². The Kier molecular flexibility index (Phi) is 5.27. The summed E-state index contributed by atoms with van der Waals surface area (Å²) in [5.74, 6) is -0.631. The van der Waals surface area contributed by atoms with Crippen LogP contribution in [0.4, 0.5) is 5.69 Å². The predicted octanol–water partition coefficient (Wildman–Crippen LogP) is 1.31. The zero-order valence-corrected chi connectivity index (χ0v) is 13.3. The summed E-state index contributed by atoms with van der Waals surface area (Å²) in [5, 5.41) is 18.2. The minimum Gasteiger partial charge on any atom is -0.348 e. The van der Waals surface area contributed by atoms with E-state index in [1.807, 2.05) is 0 Å². The van der Waals surface area contributed by atoms with Crippen molar-refractivity contribution in [2.75, 3.05) is 0 Å². The molecule has 0 spiro atoms. The lowest BCUT2D eigenvalue weighted by Gasteiger charge is -2.06. The molecule has 9 heteroatoms. The summed E-state index contributed by atoms with van der Waals surface area (Å²) in [5.41, 5.74) is 1.56. The first-order valence-corrected chi connectivity index (χ1v) is 8.57. The second kappa shape index (κ2) is 7.20. The number of sulfonamides is 1. The number of rotatable bonds is 6. The molecule has 0 atom stereocenters. The number of nitrogens with one attached hydrogen (secondary N) is 1. The summed E-state index contributed by atoms with van der Waals surface area (Å²) < 4.78 is 22.0. The Morgan fingerprint density at radius 3 is 2.08 bits per heavy atom. The van der Waals surface area contributed by atoms with E-state index in [-0.39, 0.29) is 23.9 Å². The first kappa shape index (κ1) is 17.6. The van der Waals surface area contributed by atoms with E-state index in [2.05, 4.69) is 5.32 Å². The zero-order chi connectivity index (χ0) is 17.7. The van der Waals surface area contributed by atoms with Crippen LogP contribution in [0.3, 0.4) is 0 Å². The molecule has 0 aliphatic carbocycles. The fraction of sp³-hybridized carbons (Fsp3) is 0.133. The van der Waals surface area contributed by atoms with Gasteiger partial charge in [-0.15, -0.1) is 0 Å². The van der Waals surface area contributed by atoms with Crippen molar-refractivity contribution in [2.45, 2.75) is 12.3 Å². The second-order valence-corrected chi connectivity index (χ2v) is 6.72. The Hall–Kier alpha value is -2.78. The maximum atomic E-state index is 12.0. The molecule has 0 heterocycles. The molecule has 0 saturated carbocycles. The third-order valence-electron chi connectivity index (χ3n) is 3.18. The van der Waals surface area contributed by atoms with Gasteiger partial charge in [0.1, 0.15) is 0 Å². The highest BCUT2D eigenvalue weighted by molar-refractivity contribution is 7.88. The lowest BCUT2D eigenvalue weighted by molar-refractivity contribution is -0.384. The van der Waals surface area contributed by atoms with Gasteiger partial charge in [-0.1, -0.05) is 24.3 Å². The van der Waals surface area contributed by atoms with Gasteiger partial charge in [-0.25, -0.2) is 13.6 Å². The van der Waals surface area contributed by atoms with Crippen molar-refractivity contribution in [3.05, 3.63) is 75.3 Å². The average Bonchev–Trinajstić information content (AvgIpc) is 2.52. The summed E-state index contributed by atoms with van der Waals surface area (Å²) >= 11 is 0. The number of amides is 1. The smallest absolute Gasteiger partial charge is 0.269 e. The zero-order valence-electron chi connectivity index (χ0n) is 12.5. The largest absolute Gasteiger partial charge is 0.348 e. The monoisotopic (exact) mass is 349 g/mol. The number of non-ortho nitro benzene ring substituents is 1. The van der Waals surface area contributed by atoms with Crippen LogP contribution in [0.2, 0.25) is 0 Å². The van der Waals surface area contributed by atoms with E-state index in [1.165, 1.54) is 36.4 Å². The molecule has 0 aromatic heterocycles. The molecule has 2 aromatic rings. The van der Waals surface area contributed by atoms with E-state index in [0.29, 0.717) is 11.1 Å². The van der Waals surface area contributed by atoms with E-state index in [0.717, 1.165) is 5.56 Å². The van der Waals surface area contributed by atoms with Crippen LogP contribution >= 0.6 is 0 Å². The van der Waals surface area contributed by atoms with Crippen LogP contribution in [0.1, 0.15) is 21.5 Å². The van der Waals surface area contributed by atoms with E-state index in [1.54, 1.807) is 12.1 Å². The molecule has 24 heavy (non-hydrogen) atoms. The molecule has 0 aliphatic rings. The van der Waals surface area contributed by atoms with Crippen LogP contribution in [0.5, 0.6) is 0 Å². The Morgan fingerprint density at radius 1 is 1.04 bits per heavy atom. The van der Waals surface area contributed by atoms with Gasteiger partial charge >= 0.3 is 0 Å². The van der Waals surface area contributed by atoms with Gasteiger partial charge in [0.15, 0.2) is 0 Å². The van der Waals surface area contributed by atoms with Gasteiger partial charge in [0.05, 0.1) is 10.7 Å². The summed E-state index contributed by atoms with van der Waals surface area (Å²) in [6.07, 6.45) is 0. The van der Waals surface area contributed by atoms with Gasteiger partial charge in [0.2, 0.25) is 10.0 Å². The molecule has 3 N–H and O–H groups in total. The number of nitrogens with zero attached hydrogens (tertiary/aromatic N) is 1. The van der Waals surface area contributed by atoms with E-state index in [4.69, 9.17) is 5.14 Å². The lowest BCUT2D eigenvalue weighted by atomic mass is 10.1. The molecule has 0 fully saturated rings. The number of hydrogen-bond donors (Lipinski definition) is 2. The normalized spacial score (nSPS) is 11.0. The Balaban J connectivity index is 1.96. The molecular weight excluding hydrogens is 334 g/mol. The SMILES string of the molecule is NS(=O)(=O)Cc1ccc(C(=O)NCc2ccc([N+](=O)[O-])cc2)cc1. The number of benzene rings is 2. The molecule has 0 bridgehead atoms. The van der Waals surface area contributed by atoms with Crippen LogP contribution in [-0.2, 0) is 22.3 Å². The third kappa shape index (κ3) is 5.14. The topological polar surface area (TPSA) is 132 Å². The highest BCUT2D eigenvalue weighted by Crippen LogP contribution is 2.12. The molecule has 0 radical (unpaired) electrons. The van der Waals surface area contributed by atoms with Crippen LogP contribution in [0, 0.1) is 10.1 Å². The molecule has 1 amide bonds. The number of primary sulfonamides is 1. The van der Waals surface area contributed by atoms with Crippen molar-refractivity contribution in [3.63, 3.8) is 0 Å². The molecule has 0 saturated heterocycles. The maximum absolute atomic E-state index is 12.0. The van der Waals surface area contributed by atoms with Crippen molar-refractivity contribution >= 4 is 21.6 Å². The van der Waals surface area contributed by atoms with Gasteiger partial charge in [-0.05, 0) is 23.3 Å². The maximum Gasteiger partial charge on any atom is 0.269 e. The van der Waals surface area contributed by atoms with Crippen LogP contribution in [0.25, 0.3) is 0 Å². The van der Waals surface area contributed by atoms with Gasteiger partial charge in [0, 0.05) is 24.2 Å². The molecule has 0 unspecified atom stereocenters. The van der Waals surface area contributed by atoms with Crippen LogP contribution < -0.4 is 10.5 Å². The summed E-state index contributed by atoms with van der Waals surface area (Å²) in [4.78, 5) is 22.1. The fourth-order valence-electron chi connectivity index (χ4n) is 2.00.